The van der Waals surface area contributed by atoms with Crippen molar-refractivity contribution in [2.75, 3.05) is 18.9 Å². The van der Waals surface area contributed by atoms with Crippen molar-refractivity contribution in [3.8, 4) is 22.6 Å². The second kappa shape index (κ2) is 5.28. The summed E-state index contributed by atoms with van der Waals surface area (Å²) in [5.74, 6) is 1.39. The first-order valence-corrected chi connectivity index (χ1v) is 7.00. The third-order valence-corrected chi connectivity index (χ3v) is 3.66. The monoisotopic (exact) mass is 287 g/mol. The Morgan fingerprint density at radius 3 is 2.57 bits per heavy atom. The Hall–Kier alpha value is -2.23. The lowest BCUT2D eigenvalue weighted by atomic mass is 10.0. The molecule has 21 heavy (non-hydrogen) atoms. The molecule has 3 nitrogen and oxygen atoms in total. The number of rotatable bonds is 1. The van der Waals surface area contributed by atoms with Gasteiger partial charge in [0.2, 0.25) is 0 Å². The van der Waals surface area contributed by atoms with E-state index in [1.165, 1.54) is 6.07 Å². The summed E-state index contributed by atoms with van der Waals surface area (Å²) in [7, 11) is 0. The molecule has 0 saturated heterocycles. The summed E-state index contributed by atoms with van der Waals surface area (Å²) in [5.41, 5.74) is 8.40. The zero-order valence-electron chi connectivity index (χ0n) is 12.2. The van der Waals surface area contributed by atoms with Crippen molar-refractivity contribution in [2.24, 2.45) is 5.92 Å². The molecule has 2 aromatic rings. The summed E-state index contributed by atoms with van der Waals surface area (Å²) < 4.78 is 25.6. The maximum atomic E-state index is 14.2. The van der Waals surface area contributed by atoms with Crippen LogP contribution < -0.4 is 15.2 Å². The highest BCUT2D eigenvalue weighted by molar-refractivity contribution is 5.72. The minimum absolute atomic E-state index is 0.287. The number of aryl methyl sites for hydroxylation is 1. The van der Waals surface area contributed by atoms with E-state index in [9.17, 15) is 4.39 Å². The molecule has 0 aliphatic carbocycles. The Morgan fingerprint density at radius 1 is 1.10 bits per heavy atom. The van der Waals surface area contributed by atoms with Crippen LogP contribution in [0.25, 0.3) is 11.1 Å². The Kier molecular flexibility index (Phi) is 3.45. The largest absolute Gasteiger partial charge is 0.489 e. The molecule has 0 saturated carbocycles. The number of hydrogen-bond donors (Lipinski definition) is 1. The van der Waals surface area contributed by atoms with Gasteiger partial charge in [0.1, 0.15) is 5.82 Å². The molecule has 0 aromatic heterocycles. The highest BCUT2D eigenvalue weighted by atomic mass is 19.1. The number of benzene rings is 2. The molecular weight excluding hydrogens is 269 g/mol. The molecule has 1 unspecified atom stereocenters. The summed E-state index contributed by atoms with van der Waals surface area (Å²) in [4.78, 5) is 0. The molecule has 2 aromatic carbocycles. The Labute approximate surface area is 123 Å². The second-order valence-electron chi connectivity index (χ2n) is 5.58. The molecule has 0 radical (unpaired) electrons. The van der Waals surface area contributed by atoms with Gasteiger partial charge in [-0.2, -0.15) is 0 Å². The van der Waals surface area contributed by atoms with Crippen LogP contribution in [0.4, 0.5) is 10.1 Å². The molecule has 0 amide bonds. The zero-order valence-corrected chi connectivity index (χ0v) is 12.2. The first-order chi connectivity index (χ1) is 10.0. The molecule has 3 rings (SSSR count). The van der Waals surface area contributed by atoms with Crippen LogP contribution in [0, 0.1) is 18.7 Å². The molecule has 1 aliphatic rings. The molecule has 110 valence electrons. The van der Waals surface area contributed by atoms with E-state index in [2.05, 4.69) is 6.92 Å². The molecule has 4 heteroatoms. The van der Waals surface area contributed by atoms with E-state index in [1.807, 2.05) is 12.1 Å². The number of nitrogens with two attached hydrogens (primary N) is 1. The third kappa shape index (κ3) is 2.66. The van der Waals surface area contributed by atoms with Gasteiger partial charge in [-0.1, -0.05) is 13.0 Å². The van der Waals surface area contributed by atoms with Crippen LogP contribution in [-0.2, 0) is 0 Å². The minimum atomic E-state index is -0.287. The van der Waals surface area contributed by atoms with Gasteiger partial charge in [-0.3, -0.25) is 0 Å². The second-order valence-corrected chi connectivity index (χ2v) is 5.58. The standard InChI is InChI=1S/C17H18FNO2/c1-10-8-20-16-4-3-12(6-17(16)21-9-10)13-7-15(19)11(2)5-14(13)18/h3-7,10H,8-9,19H2,1-2H3. The van der Waals surface area contributed by atoms with Gasteiger partial charge in [0.15, 0.2) is 11.5 Å². The number of halogens is 1. The summed E-state index contributed by atoms with van der Waals surface area (Å²) in [6.45, 7) is 5.07. The van der Waals surface area contributed by atoms with Gasteiger partial charge < -0.3 is 15.2 Å². The summed E-state index contributed by atoms with van der Waals surface area (Å²) in [6.07, 6.45) is 0. The van der Waals surface area contributed by atoms with Crippen LogP contribution in [0.2, 0.25) is 0 Å². The fourth-order valence-corrected chi connectivity index (χ4v) is 2.33. The lowest BCUT2D eigenvalue weighted by Crippen LogP contribution is -2.12. The maximum Gasteiger partial charge on any atom is 0.161 e. The van der Waals surface area contributed by atoms with Crippen LogP contribution in [-0.4, -0.2) is 13.2 Å². The predicted molar refractivity (Wildman–Crippen MR) is 81.1 cm³/mol. The number of anilines is 1. The fraction of sp³-hybridized carbons (Fsp3) is 0.294. The summed E-state index contributed by atoms with van der Waals surface area (Å²) >= 11 is 0. The van der Waals surface area contributed by atoms with Crippen molar-refractivity contribution >= 4 is 5.69 Å². The van der Waals surface area contributed by atoms with Crippen LogP contribution in [0.1, 0.15) is 12.5 Å². The molecule has 1 heterocycles. The number of nitrogen functional groups attached to an aromatic ring is 1. The zero-order chi connectivity index (χ0) is 15.0. The number of ether oxygens (including phenoxy) is 2. The Balaban J connectivity index is 2.03. The number of fused-ring (bicyclic) bond motifs is 1. The van der Waals surface area contributed by atoms with E-state index in [0.717, 1.165) is 11.1 Å². The van der Waals surface area contributed by atoms with Gasteiger partial charge >= 0.3 is 0 Å². The quantitative estimate of drug-likeness (QED) is 0.812. The van der Waals surface area contributed by atoms with Gasteiger partial charge in [0, 0.05) is 17.2 Å². The normalized spacial score (nSPS) is 17.4. The lowest BCUT2D eigenvalue weighted by Gasteiger charge is -2.11. The van der Waals surface area contributed by atoms with E-state index >= 15 is 0 Å². The van der Waals surface area contributed by atoms with Crippen LogP contribution in [0.5, 0.6) is 11.5 Å². The average Bonchev–Trinajstić information content (AvgIpc) is 2.65. The molecule has 0 fully saturated rings. The van der Waals surface area contributed by atoms with Crippen molar-refractivity contribution in [3.05, 3.63) is 41.7 Å². The minimum Gasteiger partial charge on any atom is -0.489 e. The van der Waals surface area contributed by atoms with Gasteiger partial charge in [0.25, 0.3) is 0 Å². The van der Waals surface area contributed by atoms with Crippen LogP contribution >= 0.6 is 0 Å². The summed E-state index contributed by atoms with van der Waals surface area (Å²) in [6, 6.07) is 8.56. The number of hydrogen-bond acceptors (Lipinski definition) is 3. The first kappa shape index (κ1) is 13.7. The van der Waals surface area contributed by atoms with Crippen LogP contribution in [0.3, 0.4) is 0 Å². The predicted octanol–water partition coefficient (Wildman–Crippen LogP) is 3.79. The van der Waals surface area contributed by atoms with E-state index in [-0.39, 0.29) is 5.82 Å². The summed E-state index contributed by atoms with van der Waals surface area (Å²) in [5, 5.41) is 0. The fourth-order valence-electron chi connectivity index (χ4n) is 2.33. The lowest BCUT2D eigenvalue weighted by molar-refractivity contribution is 0.228. The van der Waals surface area contributed by atoms with Gasteiger partial charge in [-0.05, 0) is 42.3 Å². The van der Waals surface area contributed by atoms with Crippen molar-refractivity contribution in [1.82, 2.24) is 0 Å². The molecule has 2 N–H and O–H groups in total. The van der Waals surface area contributed by atoms with Crippen molar-refractivity contribution in [3.63, 3.8) is 0 Å². The van der Waals surface area contributed by atoms with Crippen LogP contribution in [0.15, 0.2) is 30.3 Å². The molecule has 0 spiro atoms. The third-order valence-electron chi connectivity index (χ3n) is 3.66. The SMILES string of the molecule is Cc1cc(F)c(-c2ccc3c(c2)OCC(C)CO3)cc1N. The molecule has 0 bridgehead atoms. The average molecular weight is 287 g/mol. The van der Waals surface area contributed by atoms with E-state index < -0.39 is 0 Å². The van der Waals surface area contributed by atoms with Gasteiger partial charge in [-0.15, -0.1) is 0 Å². The van der Waals surface area contributed by atoms with E-state index in [4.69, 9.17) is 15.2 Å². The van der Waals surface area contributed by atoms with Gasteiger partial charge in [0.05, 0.1) is 13.2 Å². The Bertz CT molecular complexity index is 685. The maximum absolute atomic E-state index is 14.2. The van der Waals surface area contributed by atoms with E-state index in [0.29, 0.717) is 41.9 Å². The molecule has 1 atom stereocenters. The first-order valence-electron chi connectivity index (χ1n) is 7.00. The Morgan fingerprint density at radius 2 is 1.81 bits per heavy atom. The van der Waals surface area contributed by atoms with E-state index in [1.54, 1.807) is 19.1 Å². The van der Waals surface area contributed by atoms with Crippen molar-refractivity contribution in [2.45, 2.75) is 13.8 Å². The highest BCUT2D eigenvalue weighted by Crippen LogP contribution is 2.36. The van der Waals surface area contributed by atoms with Gasteiger partial charge in [-0.25, -0.2) is 4.39 Å². The van der Waals surface area contributed by atoms with Crippen molar-refractivity contribution < 1.29 is 13.9 Å². The molecular formula is C17H18FNO2. The highest BCUT2D eigenvalue weighted by Gasteiger charge is 2.17. The van der Waals surface area contributed by atoms with Crippen molar-refractivity contribution in [1.29, 1.82) is 0 Å². The molecule has 1 aliphatic heterocycles. The topological polar surface area (TPSA) is 44.5 Å². The smallest absolute Gasteiger partial charge is 0.161 e.